The predicted octanol–water partition coefficient (Wildman–Crippen LogP) is 3.65. The van der Waals surface area contributed by atoms with Gasteiger partial charge in [0.05, 0.1) is 10.7 Å². The molecule has 1 aliphatic heterocycles. The Kier molecular flexibility index (Phi) is 5.96. The molecule has 1 aromatic heterocycles. The zero-order valence-electron chi connectivity index (χ0n) is 15.1. The van der Waals surface area contributed by atoms with E-state index in [4.69, 9.17) is 11.6 Å². The summed E-state index contributed by atoms with van der Waals surface area (Å²) in [6.45, 7) is 7.25. The fourth-order valence-electron chi connectivity index (χ4n) is 2.96. The van der Waals surface area contributed by atoms with E-state index in [-0.39, 0.29) is 0 Å². The van der Waals surface area contributed by atoms with Crippen molar-refractivity contribution in [2.24, 2.45) is 4.99 Å². The van der Waals surface area contributed by atoms with Crippen LogP contribution < -0.4 is 10.4 Å². The maximum Gasteiger partial charge on any atom is 0.223 e. The molecule has 1 saturated heterocycles. The number of nitrogens with zero attached hydrogens (tertiary/aromatic N) is 4. The molecule has 2 N–H and O–H groups in total. The van der Waals surface area contributed by atoms with E-state index in [1.807, 2.05) is 29.2 Å². The summed E-state index contributed by atoms with van der Waals surface area (Å²) >= 11 is 6.23. The number of hydrogen-bond acceptors (Lipinski definition) is 4. The molecule has 2 heterocycles. The van der Waals surface area contributed by atoms with Gasteiger partial charge in [0.25, 0.3) is 0 Å². The van der Waals surface area contributed by atoms with Crippen molar-refractivity contribution in [3.63, 3.8) is 0 Å². The van der Waals surface area contributed by atoms with E-state index in [9.17, 15) is 5.21 Å². The second-order valence-corrected chi connectivity index (χ2v) is 6.98. The molecule has 0 bridgehead atoms. The molecular weight excluding hydrogens is 350 g/mol. The highest BCUT2D eigenvalue weighted by Gasteiger charge is 2.22. The van der Waals surface area contributed by atoms with Crippen LogP contribution in [-0.4, -0.2) is 47.2 Å². The summed E-state index contributed by atoms with van der Waals surface area (Å²) in [7, 11) is 0. The van der Waals surface area contributed by atoms with Crippen LogP contribution in [0, 0.1) is 0 Å². The van der Waals surface area contributed by atoms with Crippen LogP contribution in [0.3, 0.4) is 0 Å². The zero-order valence-corrected chi connectivity index (χ0v) is 15.8. The molecule has 0 spiro atoms. The van der Waals surface area contributed by atoms with Crippen LogP contribution in [-0.2, 0) is 0 Å². The first kappa shape index (κ1) is 18.5. The van der Waals surface area contributed by atoms with Crippen molar-refractivity contribution < 1.29 is 5.21 Å². The summed E-state index contributed by atoms with van der Waals surface area (Å²) in [6, 6.07) is 11.7. The number of rotatable bonds is 3. The molecule has 1 fully saturated rings. The maximum atomic E-state index is 9.54. The molecule has 3 rings (SSSR count). The van der Waals surface area contributed by atoms with Crippen molar-refractivity contribution in [2.75, 3.05) is 31.1 Å². The number of anilines is 1. The van der Waals surface area contributed by atoms with E-state index in [1.165, 1.54) is 5.56 Å². The Balaban J connectivity index is 1.67. The summed E-state index contributed by atoms with van der Waals surface area (Å²) in [4.78, 5) is 13.1. The highest BCUT2D eigenvalue weighted by molar-refractivity contribution is 6.32. The lowest BCUT2D eigenvalue weighted by atomic mass is 10.0. The Morgan fingerprint density at radius 2 is 1.85 bits per heavy atom. The van der Waals surface area contributed by atoms with Gasteiger partial charge in [-0.3, -0.25) is 5.21 Å². The zero-order chi connectivity index (χ0) is 18.5. The molecule has 0 aliphatic carbocycles. The van der Waals surface area contributed by atoms with Gasteiger partial charge in [-0.1, -0.05) is 37.6 Å². The molecule has 26 heavy (non-hydrogen) atoms. The number of halogens is 1. The third-order valence-electron chi connectivity index (χ3n) is 4.51. The lowest BCUT2D eigenvalue weighted by molar-refractivity contribution is 0.207. The van der Waals surface area contributed by atoms with Crippen LogP contribution in [0.25, 0.3) is 0 Å². The SMILES string of the molecule is CC(C)c1ccc(N=C(NO)N2CCN(c3ncccc3Cl)CC2)cc1. The smallest absolute Gasteiger partial charge is 0.223 e. The predicted molar refractivity (Wildman–Crippen MR) is 106 cm³/mol. The van der Waals surface area contributed by atoms with Gasteiger partial charge in [0.1, 0.15) is 5.82 Å². The minimum absolute atomic E-state index is 0.453. The fourth-order valence-corrected chi connectivity index (χ4v) is 3.20. The van der Waals surface area contributed by atoms with Gasteiger partial charge in [0.15, 0.2) is 0 Å². The number of piperazine rings is 1. The minimum atomic E-state index is 0.453. The normalized spacial score (nSPS) is 15.5. The highest BCUT2D eigenvalue weighted by atomic mass is 35.5. The first-order valence-corrected chi connectivity index (χ1v) is 9.15. The largest absolute Gasteiger partial charge is 0.352 e. The molecule has 0 unspecified atom stereocenters. The molecule has 2 aromatic rings. The van der Waals surface area contributed by atoms with Crippen molar-refractivity contribution in [1.82, 2.24) is 15.4 Å². The second kappa shape index (κ2) is 8.38. The quantitative estimate of drug-likeness (QED) is 0.488. The lowest BCUT2D eigenvalue weighted by Gasteiger charge is -2.36. The third-order valence-corrected chi connectivity index (χ3v) is 4.81. The fraction of sp³-hybridized carbons (Fsp3) is 0.368. The molecule has 1 aliphatic rings. The topological polar surface area (TPSA) is 64.0 Å². The second-order valence-electron chi connectivity index (χ2n) is 6.58. The monoisotopic (exact) mass is 373 g/mol. The van der Waals surface area contributed by atoms with Gasteiger partial charge in [-0.2, -0.15) is 0 Å². The van der Waals surface area contributed by atoms with Gasteiger partial charge in [-0.15, -0.1) is 0 Å². The van der Waals surface area contributed by atoms with Crippen LogP contribution in [0.1, 0.15) is 25.3 Å². The van der Waals surface area contributed by atoms with Gasteiger partial charge in [0, 0.05) is 32.4 Å². The van der Waals surface area contributed by atoms with Gasteiger partial charge in [-0.25, -0.2) is 15.5 Å². The number of hydroxylamine groups is 1. The Morgan fingerprint density at radius 1 is 1.15 bits per heavy atom. The third kappa shape index (κ3) is 4.26. The van der Waals surface area contributed by atoms with Crippen molar-refractivity contribution >= 4 is 29.1 Å². The van der Waals surface area contributed by atoms with Gasteiger partial charge >= 0.3 is 0 Å². The van der Waals surface area contributed by atoms with E-state index < -0.39 is 0 Å². The number of pyridine rings is 1. The van der Waals surface area contributed by atoms with Crippen molar-refractivity contribution in [2.45, 2.75) is 19.8 Å². The number of nitrogens with one attached hydrogen (secondary N) is 1. The first-order valence-electron chi connectivity index (χ1n) is 8.77. The molecular formula is C19H24ClN5O. The number of benzene rings is 1. The Labute approximate surface area is 159 Å². The molecule has 0 radical (unpaired) electrons. The van der Waals surface area contributed by atoms with Gasteiger partial charge in [0.2, 0.25) is 5.96 Å². The standard InChI is InChI=1S/C19H24ClN5O/c1-14(2)15-5-7-16(8-6-15)22-19(23-26)25-12-10-24(11-13-25)18-17(20)4-3-9-21-18/h3-9,14,26H,10-13H2,1-2H3,(H,22,23). The first-order chi connectivity index (χ1) is 12.6. The Hall–Kier alpha value is -2.31. The van der Waals surface area contributed by atoms with E-state index in [1.54, 1.807) is 6.20 Å². The van der Waals surface area contributed by atoms with E-state index in [2.05, 4.69) is 46.3 Å². The minimum Gasteiger partial charge on any atom is -0.352 e. The summed E-state index contributed by atoms with van der Waals surface area (Å²) in [5, 5.41) is 10.2. The van der Waals surface area contributed by atoms with E-state index in [0.29, 0.717) is 30.0 Å². The molecule has 0 amide bonds. The Bertz CT molecular complexity index is 755. The average Bonchev–Trinajstić information content (AvgIpc) is 2.67. The van der Waals surface area contributed by atoms with Crippen molar-refractivity contribution in [3.8, 4) is 0 Å². The summed E-state index contributed by atoms with van der Waals surface area (Å²) in [5.74, 6) is 1.73. The lowest BCUT2D eigenvalue weighted by Crippen LogP contribution is -2.52. The van der Waals surface area contributed by atoms with Crippen LogP contribution in [0.4, 0.5) is 11.5 Å². The summed E-state index contributed by atoms with van der Waals surface area (Å²) in [5.41, 5.74) is 4.31. The maximum absolute atomic E-state index is 9.54. The number of hydrogen-bond donors (Lipinski definition) is 2. The molecule has 0 atom stereocenters. The number of aromatic nitrogens is 1. The molecule has 138 valence electrons. The van der Waals surface area contributed by atoms with E-state index in [0.717, 1.165) is 24.6 Å². The number of guanidine groups is 1. The molecule has 1 aromatic carbocycles. The molecule has 0 saturated carbocycles. The Morgan fingerprint density at radius 3 is 2.42 bits per heavy atom. The average molecular weight is 374 g/mol. The number of aliphatic imine (C=N–C) groups is 1. The molecule has 7 heteroatoms. The van der Waals surface area contributed by atoms with E-state index >= 15 is 0 Å². The van der Waals surface area contributed by atoms with Crippen LogP contribution >= 0.6 is 11.6 Å². The van der Waals surface area contributed by atoms with Crippen LogP contribution in [0.5, 0.6) is 0 Å². The van der Waals surface area contributed by atoms with Gasteiger partial charge < -0.3 is 9.80 Å². The summed E-state index contributed by atoms with van der Waals surface area (Å²) in [6.07, 6.45) is 1.75. The molecule has 6 nitrogen and oxygen atoms in total. The summed E-state index contributed by atoms with van der Waals surface area (Å²) < 4.78 is 0. The highest BCUT2D eigenvalue weighted by Crippen LogP contribution is 2.24. The van der Waals surface area contributed by atoms with Gasteiger partial charge in [-0.05, 0) is 35.7 Å². The van der Waals surface area contributed by atoms with Crippen LogP contribution in [0.15, 0.2) is 47.6 Å². The van der Waals surface area contributed by atoms with Crippen LogP contribution in [0.2, 0.25) is 5.02 Å². The van der Waals surface area contributed by atoms with Crippen molar-refractivity contribution in [3.05, 3.63) is 53.2 Å². The van der Waals surface area contributed by atoms with Crippen molar-refractivity contribution in [1.29, 1.82) is 0 Å².